The summed E-state index contributed by atoms with van der Waals surface area (Å²) in [5.41, 5.74) is -1.82. The van der Waals surface area contributed by atoms with E-state index in [0.29, 0.717) is 22.3 Å². The number of ether oxygens (including phenoxy) is 3. The number of thiol groups is 1. The van der Waals surface area contributed by atoms with E-state index in [1.807, 2.05) is 0 Å². The van der Waals surface area contributed by atoms with Gasteiger partial charge in [0.2, 0.25) is 0 Å². The molecule has 1 N–H and O–H groups in total. The maximum atomic E-state index is 11.3. The van der Waals surface area contributed by atoms with Crippen LogP contribution in [-0.4, -0.2) is 41.1 Å². The quantitative estimate of drug-likeness (QED) is 0.366. The smallest absolute Gasteiger partial charge is 0.383 e. The molecule has 0 saturated carbocycles. The first-order valence-corrected chi connectivity index (χ1v) is 9.60. The zero-order chi connectivity index (χ0) is 19.9. The Labute approximate surface area is 167 Å². The van der Waals surface area contributed by atoms with Crippen LogP contribution in [0.25, 0.3) is 11.0 Å². The predicted molar refractivity (Wildman–Crippen MR) is 103 cm³/mol. The first kappa shape index (κ1) is 21.4. The number of benzene rings is 1. The van der Waals surface area contributed by atoms with Crippen molar-refractivity contribution in [2.24, 2.45) is 0 Å². The number of hydrogen-bond acceptors (Lipinski definition) is 9. The van der Waals surface area contributed by atoms with Gasteiger partial charge in [0.25, 0.3) is 0 Å². The van der Waals surface area contributed by atoms with E-state index in [1.54, 1.807) is 18.2 Å². The van der Waals surface area contributed by atoms with Crippen LogP contribution >= 0.6 is 34.3 Å². The van der Waals surface area contributed by atoms with Crippen molar-refractivity contribution in [1.82, 2.24) is 0 Å². The molecule has 0 spiro atoms. The fourth-order valence-electron chi connectivity index (χ4n) is 2.09. The summed E-state index contributed by atoms with van der Waals surface area (Å²) in [4.78, 5) is 33.3. The number of carbonyl (C=O) groups excluding carboxylic acids is 2. The predicted octanol–water partition coefficient (Wildman–Crippen LogP) is 3.38. The van der Waals surface area contributed by atoms with E-state index in [2.05, 4.69) is 17.4 Å². The van der Waals surface area contributed by atoms with E-state index >= 15 is 0 Å². The van der Waals surface area contributed by atoms with Gasteiger partial charge in [-0.3, -0.25) is 0 Å². The van der Waals surface area contributed by atoms with Crippen LogP contribution in [0, 0.1) is 0 Å². The summed E-state index contributed by atoms with van der Waals surface area (Å²) in [5, 5.41) is 9.54. The van der Waals surface area contributed by atoms with Crippen molar-refractivity contribution >= 4 is 55.9 Å². The van der Waals surface area contributed by atoms with Gasteiger partial charge < -0.3 is 23.7 Å². The summed E-state index contributed by atoms with van der Waals surface area (Å²) in [6.07, 6.45) is -0.0366. The third kappa shape index (κ3) is 6.98. The molecule has 11 heteroatoms. The van der Waals surface area contributed by atoms with Crippen molar-refractivity contribution in [2.45, 2.75) is 12.0 Å². The van der Waals surface area contributed by atoms with Crippen LogP contribution in [-0.2, 0) is 9.47 Å². The van der Waals surface area contributed by atoms with E-state index in [-0.39, 0.29) is 13.0 Å². The fourth-order valence-corrected chi connectivity index (χ4v) is 2.39. The molecule has 0 saturated heterocycles. The lowest BCUT2D eigenvalue weighted by molar-refractivity contribution is -0.0660. The van der Waals surface area contributed by atoms with Gasteiger partial charge in [-0.2, -0.15) is 0 Å². The third-order valence-corrected chi connectivity index (χ3v) is 4.17. The lowest BCUT2D eigenvalue weighted by Gasteiger charge is -2.26. The number of rotatable bonds is 8. The molecule has 8 nitrogen and oxygen atoms in total. The minimum atomic E-state index is -1.69. The Bertz CT molecular complexity index is 871. The molecular weight excluding hydrogens is 420 g/mol. The van der Waals surface area contributed by atoms with Crippen molar-refractivity contribution < 1.29 is 33.3 Å². The molecule has 2 rings (SSSR count). The lowest BCUT2D eigenvalue weighted by Crippen LogP contribution is -2.42. The van der Waals surface area contributed by atoms with E-state index < -0.39 is 35.0 Å². The van der Waals surface area contributed by atoms with Gasteiger partial charge in [0, 0.05) is 23.9 Å². The summed E-state index contributed by atoms with van der Waals surface area (Å²) >= 11 is 3.46. The maximum Gasteiger partial charge on any atom is 0.383 e. The van der Waals surface area contributed by atoms with Gasteiger partial charge in [0.15, 0.2) is 0 Å². The molecule has 1 heterocycles. The van der Waals surface area contributed by atoms with Crippen molar-refractivity contribution in [2.75, 3.05) is 19.8 Å². The van der Waals surface area contributed by atoms with Crippen LogP contribution in [0.5, 0.6) is 5.75 Å². The second-order valence-corrected chi connectivity index (χ2v) is 6.76. The lowest BCUT2D eigenvalue weighted by atomic mass is 10.0. The van der Waals surface area contributed by atoms with Crippen LogP contribution in [0.1, 0.15) is 6.42 Å². The first-order valence-electron chi connectivity index (χ1n) is 7.51. The number of fused-ring (bicyclic) bond motifs is 1. The Morgan fingerprint density at radius 1 is 1.22 bits per heavy atom. The second kappa shape index (κ2) is 9.88. The molecule has 0 fully saturated rings. The monoisotopic (exact) mass is 434 g/mol. The molecule has 1 atom stereocenters. The Hall–Kier alpha value is -1.88. The normalized spacial score (nSPS) is 13.0. The molecule has 0 radical (unpaired) electrons. The molecular formula is C16H15ClO8S2. The van der Waals surface area contributed by atoms with Gasteiger partial charge >= 0.3 is 16.2 Å². The van der Waals surface area contributed by atoms with Gasteiger partial charge in [-0.05, 0) is 28.9 Å². The molecule has 27 heavy (non-hydrogen) atoms. The minimum Gasteiger partial charge on any atom is -0.493 e. The molecule has 2 aromatic rings. The van der Waals surface area contributed by atoms with Crippen LogP contribution in [0.4, 0.5) is 9.59 Å². The zero-order valence-corrected chi connectivity index (χ0v) is 16.2. The maximum absolute atomic E-state index is 11.3. The van der Waals surface area contributed by atoms with Crippen LogP contribution in [0.3, 0.4) is 0 Å². The fraction of sp³-hybridized carbons (Fsp3) is 0.312. The number of carbonyl (C=O) groups is 2. The van der Waals surface area contributed by atoms with Crippen molar-refractivity contribution in [1.29, 1.82) is 0 Å². The van der Waals surface area contributed by atoms with Gasteiger partial charge in [0.05, 0.1) is 17.6 Å². The van der Waals surface area contributed by atoms with E-state index in [9.17, 15) is 19.5 Å². The Balaban J connectivity index is 1.99. The number of aliphatic hydroxyl groups is 1. The molecule has 0 bridgehead atoms. The Kier molecular flexibility index (Phi) is 7.84. The Morgan fingerprint density at radius 2 is 1.93 bits per heavy atom. The van der Waals surface area contributed by atoms with E-state index in [1.165, 1.54) is 12.1 Å². The third-order valence-electron chi connectivity index (χ3n) is 3.42. The first-order chi connectivity index (χ1) is 12.8. The van der Waals surface area contributed by atoms with Crippen LogP contribution in [0.15, 0.2) is 39.5 Å². The molecule has 0 aliphatic carbocycles. The highest BCUT2D eigenvalue weighted by atomic mass is 35.7. The summed E-state index contributed by atoms with van der Waals surface area (Å²) in [7, 11) is 5.58. The highest BCUT2D eigenvalue weighted by Gasteiger charge is 2.31. The highest BCUT2D eigenvalue weighted by molar-refractivity contribution is 8.32. The Morgan fingerprint density at radius 3 is 2.63 bits per heavy atom. The second-order valence-electron chi connectivity index (χ2n) is 5.45. The standard InChI is InChI=1S/C16H15ClO8S2/c17-27-15(20)24-9-16(21,8-23-14(19)26)5-6-22-11-3-1-10-2-4-13(18)25-12(10)7-11/h1-4,7,21H,5-6,8-9H2,(H,19,26). The minimum absolute atomic E-state index is 0.00520. The zero-order valence-electron chi connectivity index (χ0n) is 13.8. The van der Waals surface area contributed by atoms with Crippen molar-refractivity contribution in [3.8, 4) is 5.75 Å². The van der Waals surface area contributed by atoms with E-state index in [0.717, 1.165) is 5.39 Å². The van der Waals surface area contributed by atoms with Gasteiger partial charge in [-0.1, -0.05) is 12.6 Å². The summed E-state index contributed by atoms with van der Waals surface area (Å²) in [6.45, 7) is -0.914. The highest BCUT2D eigenvalue weighted by Crippen LogP contribution is 2.21. The van der Waals surface area contributed by atoms with E-state index in [4.69, 9.17) is 24.6 Å². The molecule has 1 unspecified atom stereocenters. The summed E-state index contributed by atoms with van der Waals surface area (Å²) < 4.78 is 20.1. The summed E-state index contributed by atoms with van der Waals surface area (Å²) in [5.74, 6) is 0.402. The molecule has 146 valence electrons. The number of hydrogen-bond donors (Lipinski definition) is 2. The van der Waals surface area contributed by atoms with Crippen LogP contribution < -0.4 is 10.4 Å². The molecule has 1 aromatic carbocycles. The average Bonchev–Trinajstić information content (AvgIpc) is 2.64. The molecule has 0 amide bonds. The van der Waals surface area contributed by atoms with Crippen LogP contribution in [0.2, 0.25) is 0 Å². The van der Waals surface area contributed by atoms with Crippen molar-refractivity contribution in [3.05, 3.63) is 40.8 Å². The number of halogens is 1. The topological polar surface area (TPSA) is 112 Å². The largest absolute Gasteiger partial charge is 0.493 e. The van der Waals surface area contributed by atoms with Crippen molar-refractivity contribution in [3.63, 3.8) is 0 Å². The van der Waals surface area contributed by atoms with Gasteiger partial charge in [-0.25, -0.2) is 14.4 Å². The average molecular weight is 435 g/mol. The van der Waals surface area contributed by atoms with Gasteiger partial charge in [0.1, 0.15) is 30.1 Å². The summed E-state index contributed by atoms with van der Waals surface area (Å²) in [6, 6.07) is 7.85. The molecule has 0 aliphatic rings. The van der Waals surface area contributed by atoms with Gasteiger partial charge in [-0.15, -0.1) is 0 Å². The SMILES string of the molecule is O=C(S)OCC(O)(CCOc1ccc2ccc(=O)oc2c1)COC(=O)SCl. The molecule has 0 aliphatic heterocycles. The molecule has 1 aromatic heterocycles.